The molecule has 6 nitrogen and oxygen atoms in total. The van der Waals surface area contributed by atoms with Gasteiger partial charge in [0.1, 0.15) is 31.0 Å². The van der Waals surface area contributed by atoms with E-state index in [2.05, 4.69) is 5.32 Å². The first-order valence-electron chi connectivity index (χ1n) is 11.0. The van der Waals surface area contributed by atoms with Crippen LogP contribution in [0.4, 0.5) is 8.78 Å². The van der Waals surface area contributed by atoms with E-state index in [1.54, 1.807) is 0 Å². The van der Waals surface area contributed by atoms with Crippen LogP contribution in [0.2, 0.25) is 0 Å². The quantitative estimate of drug-likeness (QED) is 0.642. The summed E-state index contributed by atoms with van der Waals surface area (Å²) >= 11 is 0. The molecular weight excluding hydrogens is 418 g/mol. The number of nitrogens with one attached hydrogen (secondary N) is 1. The summed E-state index contributed by atoms with van der Waals surface area (Å²) in [4.78, 5) is 14.6. The number of carbonyl (C=O) groups excluding carboxylic acids is 1. The fourth-order valence-electron chi connectivity index (χ4n) is 4.02. The molecule has 1 fully saturated rings. The van der Waals surface area contributed by atoms with E-state index in [-0.39, 0.29) is 30.8 Å². The van der Waals surface area contributed by atoms with E-state index in [0.717, 1.165) is 11.3 Å². The Morgan fingerprint density at radius 1 is 1.16 bits per heavy atom. The second-order valence-corrected chi connectivity index (χ2v) is 8.14. The number of amides is 1. The van der Waals surface area contributed by atoms with Gasteiger partial charge in [0, 0.05) is 25.7 Å². The molecule has 0 unspecified atom stereocenters. The minimum absolute atomic E-state index is 0.148. The average Bonchev–Trinajstić information content (AvgIpc) is 3.19. The lowest BCUT2D eigenvalue weighted by atomic mass is 10.0. The van der Waals surface area contributed by atoms with Crippen molar-refractivity contribution < 1.29 is 27.8 Å². The number of hydrogen-bond donors (Lipinski definition) is 1. The summed E-state index contributed by atoms with van der Waals surface area (Å²) in [7, 11) is 0. The van der Waals surface area contributed by atoms with E-state index >= 15 is 0 Å². The third-order valence-electron chi connectivity index (χ3n) is 5.56. The van der Waals surface area contributed by atoms with Gasteiger partial charge in [-0.15, -0.1) is 0 Å². The molecule has 172 valence electrons. The number of fused-ring (bicyclic) bond motifs is 1. The Morgan fingerprint density at radius 3 is 2.69 bits per heavy atom. The first kappa shape index (κ1) is 22.3. The molecule has 2 atom stereocenters. The lowest BCUT2D eigenvalue weighted by Crippen LogP contribution is -2.45. The van der Waals surface area contributed by atoms with E-state index in [9.17, 15) is 13.6 Å². The number of nitrogens with zero attached hydrogens (tertiary/aromatic N) is 1. The fraction of sp³-hybridized carbons (Fsp3) is 0.458. The maximum atomic E-state index is 13.7. The molecule has 0 saturated carbocycles. The second-order valence-electron chi connectivity index (χ2n) is 8.14. The third-order valence-corrected chi connectivity index (χ3v) is 5.56. The molecule has 0 spiro atoms. The van der Waals surface area contributed by atoms with E-state index in [0.29, 0.717) is 57.2 Å². The molecule has 2 aliphatic rings. The van der Waals surface area contributed by atoms with Gasteiger partial charge in [0.05, 0.1) is 13.0 Å². The molecule has 2 aromatic rings. The van der Waals surface area contributed by atoms with E-state index < -0.39 is 6.17 Å². The number of ether oxygens (including phenoxy) is 3. The van der Waals surface area contributed by atoms with Gasteiger partial charge >= 0.3 is 0 Å². The molecule has 4 rings (SSSR count). The molecule has 0 aliphatic carbocycles. The minimum atomic E-state index is -0.815. The number of benzene rings is 2. The van der Waals surface area contributed by atoms with Crippen LogP contribution in [0.15, 0.2) is 42.5 Å². The Bertz CT molecular complexity index is 909. The Kier molecular flexibility index (Phi) is 7.42. The first-order chi connectivity index (χ1) is 15.5. The Morgan fingerprint density at radius 2 is 1.94 bits per heavy atom. The molecule has 32 heavy (non-hydrogen) atoms. The highest BCUT2D eigenvalue weighted by Crippen LogP contribution is 2.31. The van der Waals surface area contributed by atoms with Crippen LogP contribution in [0.5, 0.6) is 17.2 Å². The molecule has 0 bridgehead atoms. The average molecular weight is 446 g/mol. The minimum Gasteiger partial charge on any atom is -0.493 e. The predicted octanol–water partition coefficient (Wildman–Crippen LogP) is 3.14. The van der Waals surface area contributed by atoms with Crippen molar-refractivity contribution in [3.05, 3.63) is 53.8 Å². The molecular formula is C24H28F2N2O4. The molecule has 1 saturated heterocycles. The molecule has 2 aliphatic heterocycles. The van der Waals surface area contributed by atoms with Crippen molar-refractivity contribution in [3.63, 3.8) is 0 Å². The first-order valence-corrected chi connectivity index (χ1v) is 11.0. The number of likely N-dealkylation sites (tertiary alicyclic amines) is 1. The Hall–Kier alpha value is -2.87. The van der Waals surface area contributed by atoms with Crippen molar-refractivity contribution in [2.45, 2.75) is 31.5 Å². The SMILES string of the molecule is O=C(CCOc1ccc(F)cc1)N[C@@H](Cc1ccc2c(c1)OCCO2)CN1CC[C@@H](F)C1. The van der Waals surface area contributed by atoms with Gasteiger partial charge in [-0.3, -0.25) is 9.69 Å². The van der Waals surface area contributed by atoms with Crippen LogP contribution in [-0.4, -0.2) is 62.5 Å². The largest absolute Gasteiger partial charge is 0.493 e. The zero-order chi connectivity index (χ0) is 22.3. The van der Waals surface area contributed by atoms with Gasteiger partial charge in [0.25, 0.3) is 0 Å². The highest BCUT2D eigenvalue weighted by Gasteiger charge is 2.25. The Balaban J connectivity index is 1.34. The van der Waals surface area contributed by atoms with Gasteiger partial charge in [-0.25, -0.2) is 8.78 Å². The van der Waals surface area contributed by atoms with Crippen molar-refractivity contribution in [2.24, 2.45) is 0 Å². The smallest absolute Gasteiger partial charge is 0.223 e. The lowest BCUT2D eigenvalue weighted by molar-refractivity contribution is -0.122. The Labute approximate surface area is 186 Å². The van der Waals surface area contributed by atoms with Crippen LogP contribution in [-0.2, 0) is 11.2 Å². The van der Waals surface area contributed by atoms with Crippen LogP contribution in [0, 0.1) is 5.82 Å². The van der Waals surface area contributed by atoms with Gasteiger partial charge in [0.15, 0.2) is 11.5 Å². The summed E-state index contributed by atoms with van der Waals surface area (Å²) in [5.74, 6) is 1.45. The van der Waals surface area contributed by atoms with Crippen LogP contribution in [0.3, 0.4) is 0 Å². The monoisotopic (exact) mass is 446 g/mol. The van der Waals surface area contributed by atoms with Crippen LogP contribution >= 0.6 is 0 Å². The third kappa shape index (κ3) is 6.32. The second kappa shape index (κ2) is 10.6. The van der Waals surface area contributed by atoms with Crippen molar-refractivity contribution in [1.29, 1.82) is 0 Å². The van der Waals surface area contributed by atoms with Crippen molar-refractivity contribution in [3.8, 4) is 17.2 Å². The molecule has 0 aromatic heterocycles. The summed E-state index contributed by atoms with van der Waals surface area (Å²) in [6.07, 6.45) is 0.468. The number of halogens is 2. The highest BCUT2D eigenvalue weighted by molar-refractivity contribution is 5.76. The topological polar surface area (TPSA) is 60.0 Å². The number of carbonyl (C=O) groups is 1. The maximum absolute atomic E-state index is 13.7. The van der Waals surface area contributed by atoms with Crippen LogP contribution in [0.1, 0.15) is 18.4 Å². The molecule has 2 heterocycles. The van der Waals surface area contributed by atoms with E-state index in [1.807, 2.05) is 23.1 Å². The summed E-state index contributed by atoms with van der Waals surface area (Å²) in [6.45, 7) is 2.87. The summed E-state index contributed by atoms with van der Waals surface area (Å²) in [5, 5.41) is 3.07. The number of alkyl halides is 1. The van der Waals surface area contributed by atoms with E-state index in [4.69, 9.17) is 14.2 Å². The van der Waals surface area contributed by atoms with Crippen LogP contribution in [0.25, 0.3) is 0 Å². The van der Waals surface area contributed by atoms with Crippen molar-refractivity contribution in [1.82, 2.24) is 10.2 Å². The van der Waals surface area contributed by atoms with E-state index in [1.165, 1.54) is 24.3 Å². The molecule has 1 N–H and O–H groups in total. The summed E-state index contributed by atoms with van der Waals surface area (Å²) in [6, 6.07) is 11.3. The summed E-state index contributed by atoms with van der Waals surface area (Å²) in [5.41, 5.74) is 1.01. The molecule has 2 aromatic carbocycles. The van der Waals surface area contributed by atoms with Crippen molar-refractivity contribution >= 4 is 5.91 Å². The zero-order valence-corrected chi connectivity index (χ0v) is 17.9. The lowest BCUT2D eigenvalue weighted by Gasteiger charge is -2.25. The zero-order valence-electron chi connectivity index (χ0n) is 17.9. The molecule has 0 radical (unpaired) electrons. The van der Waals surface area contributed by atoms with Crippen molar-refractivity contribution in [2.75, 3.05) is 39.5 Å². The predicted molar refractivity (Wildman–Crippen MR) is 116 cm³/mol. The normalized spacial score (nSPS) is 18.9. The number of rotatable bonds is 9. The summed E-state index contributed by atoms with van der Waals surface area (Å²) < 4.78 is 43.4. The van der Waals surface area contributed by atoms with Crippen LogP contribution < -0.4 is 19.5 Å². The van der Waals surface area contributed by atoms with Gasteiger partial charge < -0.3 is 19.5 Å². The molecule has 1 amide bonds. The molecule has 8 heteroatoms. The van der Waals surface area contributed by atoms with Gasteiger partial charge in [-0.05, 0) is 54.8 Å². The standard InChI is InChI=1S/C24H28F2N2O4/c25-18-2-4-21(5-3-18)30-10-8-24(29)27-20(16-28-9-7-19(26)15-28)13-17-1-6-22-23(14-17)32-12-11-31-22/h1-6,14,19-20H,7-13,15-16H2,(H,27,29)/t19-,20+/m1/s1. The fourth-order valence-corrected chi connectivity index (χ4v) is 4.02. The maximum Gasteiger partial charge on any atom is 0.223 e. The number of hydrogen-bond acceptors (Lipinski definition) is 5. The van der Waals surface area contributed by atoms with Gasteiger partial charge in [-0.1, -0.05) is 6.07 Å². The van der Waals surface area contributed by atoms with Gasteiger partial charge in [0.2, 0.25) is 5.91 Å². The highest BCUT2D eigenvalue weighted by atomic mass is 19.1. The van der Waals surface area contributed by atoms with Gasteiger partial charge in [-0.2, -0.15) is 0 Å².